The smallest absolute Gasteiger partial charge is 0.219 e. The molecule has 146 valence electrons. The predicted molar refractivity (Wildman–Crippen MR) is 110 cm³/mol. The van der Waals surface area contributed by atoms with Crippen LogP contribution in [-0.2, 0) is 4.79 Å². The minimum atomic E-state index is -0.0963. The lowest BCUT2D eigenvalue weighted by atomic mass is 10.1. The Labute approximate surface area is 167 Å². The number of rotatable bonds is 5. The molecule has 0 aliphatic heterocycles. The molecule has 29 heavy (non-hydrogen) atoms. The first-order valence-electron chi connectivity index (χ1n) is 9.22. The third-order valence-corrected chi connectivity index (χ3v) is 4.52. The molecule has 6 nitrogen and oxygen atoms in total. The molecule has 4 rings (SSSR count). The Balaban J connectivity index is 1.55. The average molecular weight is 388 g/mol. The molecule has 0 spiro atoms. The normalized spacial score (nSPS) is 11.9. The summed E-state index contributed by atoms with van der Waals surface area (Å²) in [4.78, 5) is 15.6. The minimum Gasteiger partial charge on any atom is -0.508 e. The third kappa shape index (κ3) is 4.21. The van der Waals surface area contributed by atoms with Crippen LogP contribution in [0.3, 0.4) is 0 Å². The molecule has 0 aliphatic rings. The molecule has 0 aliphatic carbocycles. The molecule has 4 aromatic rings. The number of hydrogen-bond donors (Lipinski definition) is 2. The molecule has 0 bridgehead atoms. The third-order valence-electron chi connectivity index (χ3n) is 4.52. The molecule has 1 atom stereocenters. The molecule has 2 aromatic heterocycles. The maximum atomic E-state index is 11.3. The lowest BCUT2D eigenvalue weighted by molar-refractivity contribution is -0.119. The van der Waals surface area contributed by atoms with Gasteiger partial charge in [-0.3, -0.25) is 4.79 Å². The van der Waals surface area contributed by atoms with Gasteiger partial charge in [0, 0.05) is 36.2 Å². The number of amides is 1. The number of aromatic hydroxyl groups is 1. The first-order valence-corrected chi connectivity index (χ1v) is 9.22. The molecule has 0 saturated carbocycles. The zero-order chi connectivity index (χ0) is 20.4. The van der Waals surface area contributed by atoms with E-state index in [0.29, 0.717) is 17.4 Å². The standard InChI is InChI=1S/C23H20N2O4/c1-14(25-15(2)26)16-6-7-17-11-22(29-21(17)10-16)18-8-9-23(24-13-18)28-20-5-3-4-19(27)12-20/h3-14,27H,1-2H3,(H,25,26)/t14-/m0/s1. The van der Waals surface area contributed by atoms with Gasteiger partial charge in [-0.1, -0.05) is 18.2 Å². The van der Waals surface area contributed by atoms with Gasteiger partial charge in [0.15, 0.2) is 0 Å². The number of pyridine rings is 1. The number of nitrogens with zero attached hydrogens (tertiary/aromatic N) is 1. The molecule has 2 N–H and O–H groups in total. The lowest BCUT2D eigenvalue weighted by Crippen LogP contribution is -2.23. The number of ether oxygens (including phenoxy) is 1. The number of aromatic nitrogens is 1. The van der Waals surface area contributed by atoms with Crippen LogP contribution in [0.5, 0.6) is 17.4 Å². The Morgan fingerprint density at radius 2 is 2.00 bits per heavy atom. The highest BCUT2D eigenvalue weighted by molar-refractivity contribution is 5.83. The summed E-state index contributed by atoms with van der Waals surface area (Å²) in [7, 11) is 0. The van der Waals surface area contributed by atoms with Gasteiger partial charge in [0.1, 0.15) is 22.8 Å². The highest BCUT2D eigenvalue weighted by Crippen LogP contribution is 2.31. The Morgan fingerprint density at radius 1 is 1.14 bits per heavy atom. The maximum absolute atomic E-state index is 11.3. The molecule has 2 heterocycles. The van der Waals surface area contributed by atoms with Gasteiger partial charge in [0.25, 0.3) is 0 Å². The summed E-state index contributed by atoms with van der Waals surface area (Å²) >= 11 is 0. The fourth-order valence-corrected chi connectivity index (χ4v) is 3.10. The highest BCUT2D eigenvalue weighted by Gasteiger charge is 2.11. The fraction of sp³-hybridized carbons (Fsp3) is 0.130. The van der Waals surface area contributed by atoms with E-state index in [-0.39, 0.29) is 17.7 Å². The number of benzene rings is 2. The van der Waals surface area contributed by atoms with Gasteiger partial charge >= 0.3 is 0 Å². The van der Waals surface area contributed by atoms with Gasteiger partial charge in [0.2, 0.25) is 11.8 Å². The van der Waals surface area contributed by atoms with E-state index in [1.54, 1.807) is 30.5 Å². The van der Waals surface area contributed by atoms with E-state index in [1.165, 1.54) is 13.0 Å². The Morgan fingerprint density at radius 3 is 2.72 bits per heavy atom. The van der Waals surface area contributed by atoms with E-state index in [4.69, 9.17) is 9.15 Å². The summed E-state index contributed by atoms with van der Waals surface area (Å²) in [5.74, 6) is 1.68. The predicted octanol–water partition coefficient (Wildman–Crippen LogP) is 5.19. The van der Waals surface area contributed by atoms with E-state index in [2.05, 4.69) is 10.3 Å². The van der Waals surface area contributed by atoms with Crippen molar-refractivity contribution in [2.24, 2.45) is 0 Å². The van der Waals surface area contributed by atoms with Crippen LogP contribution in [0.1, 0.15) is 25.5 Å². The highest BCUT2D eigenvalue weighted by atomic mass is 16.5. The number of phenolic OH excluding ortho intramolecular Hbond substituents is 1. The van der Waals surface area contributed by atoms with E-state index >= 15 is 0 Å². The second-order valence-corrected chi connectivity index (χ2v) is 6.81. The number of phenols is 1. The van der Waals surface area contributed by atoms with E-state index in [0.717, 1.165) is 22.1 Å². The van der Waals surface area contributed by atoms with Gasteiger partial charge in [-0.25, -0.2) is 4.98 Å². The Bertz CT molecular complexity index is 1170. The van der Waals surface area contributed by atoms with E-state index < -0.39 is 0 Å². The first kappa shape index (κ1) is 18.6. The largest absolute Gasteiger partial charge is 0.508 e. The van der Waals surface area contributed by atoms with Gasteiger partial charge < -0.3 is 19.6 Å². The SMILES string of the molecule is CC(=O)N[C@@H](C)c1ccc2cc(-c3ccc(Oc4cccc(O)c4)nc3)oc2c1. The zero-order valence-corrected chi connectivity index (χ0v) is 16.0. The van der Waals surface area contributed by atoms with Crippen molar-refractivity contribution in [3.63, 3.8) is 0 Å². The van der Waals surface area contributed by atoms with Crippen molar-refractivity contribution in [2.45, 2.75) is 19.9 Å². The average Bonchev–Trinajstić information content (AvgIpc) is 3.11. The lowest BCUT2D eigenvalue weighted by Gasteiger charge is -2.12. The number of nitrogens with one attached hydrogen (secondary N) is 1. The van der Waals surface area contributed by atoms with Crippen LogP contribution in [0.25, 0.3) is 22.3 Å². The summed E-state index contributed by atoms with van der Waals surface area (Å²) in [5, 5.41) is 13.4. The fourth-order valence-electron chi connectivity index (χ4n) is 3.10. The summed E-state index contributed by atoms with van der Waals surface area (Å²) < 4.78 is 11.6. The van der Waals surface area contributed by atoms with Crippen LogP contribution < -0.4 is 10.1 Å². The molecule has 6 heteroatoms. The van der Waals surface area contributed by atoms with Crippen molar-refractivity contribution < 1.29 is 19.1 Å². The molecule has 0 fully saturated rings. The molecular weight excluding hydrogens is 368 g/mol. The van der Waals surface area contributed by atoms with E-state index in [1.807, 2.05) is 37.3 Å². The van der Waals surface area contributed by atoms with Crippen LogP contribution in [0.4, 0.5) is 0 Å². The molecule has 1 amide bonds. The van der Waals surface area contributed by atoms with Crippen molar-refractivity contribution in [1.29, 1.82) is 0 Å². The van der Waals surface area contributed by atoms with Crippen molar-refractivity contribution >= 4 is 16.9 Å². The maximum Gasteiger partial charge on any atom is 0.219 e. The molecular formula is C23H20N2O4. The van der Waals surface area contributed by atoms with Crippen LogP contribution in [0.15, 0.2) is 71.3 Å². The monoisotopic (exact) mass is 388 g/mol. The van der Waals surface area contributed by atoms with Crippen molar-refractivity contribution in [1.82, 2.24) is 10.3 Å². The topological polar surface area (TPSA) is 84.6 Å². The van der Waals surface area contributed by atoms with Crippen molar-refractivity contribution in [2.75, 3.05) is 0 Å². The van der Waals surface area contributed by atoms with Crippen molar-refractivity contribution in [3.8, 4) is 28.7 Å². The summed E-state index contributed by atoms with van der Waals surface area (Å²) in [5.41, 5.74) is 2.54. The first-order chi connectivity index (χ1) is 14.0. The number of furan rings is 1. The van der Waals surface area contributed by atoms with Gasteiger partial charge in [0.05, 0.1) is 6.04 Å². The number of hydrogen-bond acceptors (Lipinski definition) is 5. The molecule has 0 unspecified atom stereocenters. The second kappa shape index (κ2) is 7.67. The Hall–Kier alpha value is -3.80. The summed E-state index contributed by atoms with van der Waals surface area (Å²) in [6.45, 7) is 3.43. The second-order valence-electron chi connectivity index (χ2n) is 6.81. The quantitative estimate of drug-likeness (QED) is 0.491. The Kier molecular flexibility index (Phi) is 4.91. The number of fused-ring (bicyclic) bond motifs is 1. The van der Waals surface area contributed by atoms with Gasteiger partial charge in [-0.15, -0.1) is 0 Å². The van der Waals surface area contributed by atoms with Gasteiger partial charge in [-0.05, 0) is 42.8 Å². The van der Waals surface area contributed by atoms with Crippen molar-refractivity contribution in [3.05, 3.63) is 72.4 Å². The van der Waals surface area contributed by atoms with E-state index in [9.17, 15) is 9.90 Å². The molecule has 2 aromatic carbocycles. The number of carbonyl (C=O) groups is 1. The zero-order valence-electron chi connectivity index (χ0n) is 16.0. The molecule has 0 saturated heterocycles. The van der Waals surface area contributed by atoms with Crippen LogP contribution >= 0.6 is 0 Å². The molecule has 0 radical (unpaired) electrons. The van der Waals surface area contributed by atoms with Crippen LogP contribution in [-0.4, -0.2) is 16.0 Å². The number of carbonyl (C=O) groups excluding carboxylic acids is 1. The summed E-state index contributed by atoms with van der Waals surface area (Å²) in [6, 6.07) is 17.9. The summed E-state index contributed by atoms with van der Waals surface area (Å²) in [6.07, 6.45) is 1.68. The van der Waals surface area contributed by atoms with Crippen LogP contribution in [0, 0.1) is 0 Å². The van der Waals surface area contributed by atoms with Crippen LogP contribution in [0.2, 0.25) is 0 Å². The van der Waals surface area contributed by atoms with Gasteiger partial charge in [-0.2, -0.15) is 0 Å². The minimum absolute atomic E-state index is 0.0724.